The molecule has 0 bridgehead atoms. The van der Waals surface area contributed by atoms with E-state index in [0.717, 1.165) is 0 Å². The molecule has 2 nitrogen and oxygen atoms in total. The van der Waals surface area contributed by atoms with Crippen molar-refractivity contribution in [3.8, 4) is 0 Å². The third-order valence-corrected chi connectivity index (χ3v) is 3.23. The molecule has 15 heavy (non-hydrogen) atoms. The third-order valence-electron chi connectivity index (χ3n) is 1.61. The quantitative estimate of drug-likeness (QED) is 0.766. The van der Waals surface area contributed by atoms with E-state index in [1.54, 1.807) is 24.3 Å². The maximum absolute atomic E-state index is 12.5. The van der Waals surface area contributed by atoms with Gasteiger partial charge in [-0.25, -0.2) is 0 Å². The van der Waals surface area contributed by atoms with E-state index in [-0.39, 0.29) is 0 Å². The van der Waals surface area contributed by atoms with Gasteiger partial charge in [-0.2, -0.15) is 8.42 Å². The minimum Gasteiger partial charge on any atom is -0.190 e. The zero-order valence-electron chi connectivity index (χ0n) is 8.18. The summed E-state index contributed by atoms with van der Waals surface area (Å²) in [5, 5.41) is 0.663. The maximum atomic E-state index is 12.5. The van der Waals surface area contributed by atoms with Crippen LogP contribution in [0.3, 0.4) is 0 Å². The molecule has 0 N–H and O–H groups in total. The second-order valence-electron chi connectivity index (χ2n) is 2.76. The van der Waals surface area contributed by atoms with Crippen LogP contribution < -0.4 is 0 Å². The first-order valence-corrected chi connectivity index (χ1v) is 6.80. The Morgan fingerprint density at radius 2 is 2.00 bits per heavy atom. The van der Waals surface area contributed by atoms with Gasteiger partial charge >= 0.3 is 10.2 Å². The minimum absolute atomic E-state index is 0.431. The number of halogens is 1. The number of hydrogen-bond donors (Lipinski definition) is 0. The van der Waals surface area contributed by atoms with Crippen molar-refractivity contribution in [3.63, 3.8) is 0 Å². The predicted octanol–water partition coefficient (Wildman–Crippen LogP) is 3.04. The lowest BCUT2D eigenvalue weighted by Gasteiger charge is -2.03. The lowest BCUT2D eigenvalue weighted by molar-refractivity contribution is 0.563. The molecule has 0 spiro atoms. The first-order chi connectivity index (χ1) is 7.03. The smallest absolute Gasteiger partial charge is 0.190 e. The number of hydrogen-bond acceptors (Lipinski definition) is 3. The standard InChI is InChI=1S/C10H11FO2S2/c1-2-14-10(8-15(11,12)13)9-6-4-3-5-7-9/h3-8H,2H2,1H3/b10-8+. The normalized spacial score (nSPS) is 12.8. The molecule has 1 aromatic rings. The molecule has 0 heterocycles. The lowest BCUT2D eigenvalue weighted by atomic mass is 10.2. The van der Waals surface area contributed by atoms with Gasteiger partial charge in [-0.3, -0.25) is 0 Å². The summed E-state index contributed by atoms with van der Waals surface area (Å²) >= 11 is 1.30. The van der Waals surface area contributed by atoms with Crippen LogP contribution in [0.2, 0.25) is 0 Å². The Morgan fingerprint density at radius 3 is 2.47 bits per heavy atom. The van der Waals surface area contributed by atoms with E-state index in [9.17, 15) is 12.3 Å². The zero-order valence-corrected chi connectivity index (χ0v) is 9.82. The SMILES string of the molecule is CCS/C(=C/S(=O)(=O)F)c1ccccc1. The summed E-state index contributed by atoms with van der Waals surface area (Å²) in [5.41, 5.74) is 0.713. The second kappa shape index (κ2) is 5.32. The molecule has 0 aliphatic carbocycles. The zero-order chi connectivity index (χ0) is 11.3. The second-order valence-corrected chi connectivity index (χ2v) is 5.25. The molecular formula is C10H11FO2S2. The summed E-state index contributed by atoms with van der Waals surface area (Å²) in [4.78, 5) is 0.431. The fourth-order valence-electron chi connectivity index (χ4n) is 1.07. The van der Waals surface area contributed by atoms with Crippen molar-refractivity contribution in [2.75, 3.05) is 5.75 Å². The molecule has 0 saturated heterocycles. The van der Waals surface area contributed by atoms with E-state index >= 15 is 0 Å². The van der Waals surface area contributed by atoms with Crippen molar-refractivity contribution in [2.45, 2.75) is 6.92 Å². The Bertz CT molecular complexity index is 438. The average Bonchev–Trinajstić information content (AvgIpc) is 2.17. The van der Waals surface area contributed by atoms with Crippen LogP contribution in [0.25, 0.3) is 4.91 Å². The van der Waals surface area contributed by atoms with Gasteiger partial charge in [0.1, 0.15) is 0 Å². The van der Waals surface area contributed by atoms with Crippen molar-refractivity contribution >= 4 is 26.9 Å². The number of thioether (sulfide) groups is 1. The lowest BCUT2D eigenvalue weighted by Crippen LogP contribution is -1.87. The maximum Gasteiger partial charge on any atom is 0.326 e. The van der Waals surface area contributed by atoms with Crippen molar-refractivity contribution < 1.29 is 12.3 Å². The van der Waals surface area contributed by atoms with Crippen LogP contribution in [0.5, 0.6) is 0 Å². The first kappa shape index (κ1) is 12.3. The summed E-state index contributed by atoms with van der Waals surface area (Å²) in [7, 11) is -4.58. The molecule has 0 atom stereocenters. The van der Waals surface area contributed by atoms with E-state index in [1.807, 2.05) is 13.0 Å². The van der Waals surface area contributed by atoms with Crippen molar-refractivity contribution in [3.05, 3.63) is 41.3 Å². The van der Waals surface area contributed by atoms with E-state index in [2.05, 4.69) is 0 Å². The van der Waals surface area contributed by atoms with Gasteiger partial charge in [0.15, 0.2) is 0 Å². The van der Waals surface area contributed by atoms with Crippen LogP contribution in [0.15, 0.2) is 35.7 Å². The van der Waals surface area contributed by atoms with Gasteiger partial charge in [-0.05, 0) is 11.3 Å². The molecule has 0 amide bonds. The van der Waals surface area contributed by atoms with Crippen molar-refractivity contribution in [1.82, 2.24) is 0 Å². The summed E-state index contributed by atoms with van der Waals surface area (Å²) in [6.45, 7) is 1.88. The molecule has 0 aromatic heterocycles. The van der Waals surface area contributed by atoms with Crippen LogP contribution in [-0.2, 0) is 10.2 Å². The van der Waals surface area contributed by atoms with E-state index in [0.29, 0.717) is 21.6 Å². The van der Waals surface area contributed by atoms with Crippen LogP contribution in [0.1, 0.15) is 12.5 Å². The molecule has 0 aliphatic rings. The van der Waals surface area contributed by atoms with Gasteiger partial charge < -0.3 is 0 Å². The molecule has 0 aliphatic heterocycles. The topological polar surface area (TPSA) is 34.1 Å². The van der Waals surface area contributed by atoms with Gasteiger partial charge in [-0.1, -0.05) is 37.3 Å². The van der Waals surface area contributed by atoms with Gasteiger partial charge in [0, 0.05) is 4.91 Å². The molecule has 82 valence electrons. The summed E-state index contributed by atoms with van der Waals surface area (Å²) in [5.74, 6) is 0.691. The molecule has 0 fully saturated rings. The van der Waals surface area contributed by atoms with Gasteiger partial charge in [0.05, 0.1) is 5.41 Å². The van der Waals surface area contributed by atoms with Gasteiger partial charge in [0.2, 0.25) is 0 Å². The molecular weight excluding hydrogens is 235 g/mol. The Hall–Kier alpha value is -0.810. The summed E-state index contributed by atoms with van der Waals surface area (Å²) < 4.78 is 33.6. The van der Waals surface area contributed by atoms with Crippen molar-refractivity contribution in [1.29, 1.82) is 0 Å². The fourth-order valence-corrected chi connectivity index (χ4v) is 2.69. The molecule has 1 rings (SSSR count). The Balaban J connectivity index is 3.10. The van der Waals surface area contributed by atoms with E-state index in [4.69, 9.17) is 0 Å². The van der Waals surface area contributed by atoms with Crippen LogP contribution in [-0.4, -0.2) is 14.2 Å². The Morgan fingerprint density at radius 1 is 1.40 bits per heavy atom. The number of rotatable bonds is 4. The minimum atomic E-state index is -4.58. The first-order valence-electron chi connectivity index (χ1n) is 4.37. The molecule has 5 heteroatoms. The molecule has 0 unspecified atom stereocenters. The van der Waals surface area contributed by atoms with E-state index in [1.165, 1.54) is 11.8 Å². The molecule has 0 radical (unpaired) electrons. The van der Waals surface area contributed by atoms with Crippen LogP contribution in [0, 0.1) is 0 Å². The number of benzene rings is 1. The average molecular weight is 246 g/mol. The fraction of sp³-hybridized carbons (Fsp3) is 0.200. The predicted molar refractivity (Wildman–Crippen MR) is 62.6 cm³/mol. The highest BCUT2D eigenvalue weighted by atomic mass is 32.3. The molecule has 1 aromatic carbocycles. The van der Waals surface area contributed by atoms with E-state index < -0.39 is 10.2 Å². The van der Waals surface area contributed by atoms with Gasteiger partial charge in [0.25, 0.3) is 0 Å². The van der Waals surface area contributed by atoms with Crippen molar-refractivity contribution in [2.24, 2.45) is 0 Å². The highest BCUT2D eigenvalue weighted by Crippen LogP contribution is 2.28. The van der Waals surface area contributed by atoms with Gasteiger partial charge in [-0.15, -0.1) is 15.6 Å². The third kappa shape index (κ3) is 4.48. The van der Waals surface area contributed by atoms with Crippen LogP contribution >= 0.6 is 11.8 Å². The Labute approximate surface area is 93.4 Å². The largest absolute Gasteiger partial charge is 0.326 e. The van der Waals surface area contributed by atoms with Crippen LogP contribution in [0.4, 0.5) is 3.89 Å². The molecule has 0 saturated carbocycles. The highest BCUT2D eigenvalue weighted by molar-refractivity contribution is 8.09. The highest BCUT2D eigenvalue weighted by Gasteiger charge is 2.08. The summed E-state index contributed by atoms with van der Waals surface area (Å²) in [6.07, 6.45) is 0. The monoisotopic (exact) mass is 246 g/mol. The Kier molecular flexibility index (Phi) is 4.35. The summed E-state index contributed by atoms with van der Waals surface area (Å²) in [6, 6.07) is 8.88.